The number of carboxylic acid groups (broad SMARTS) is 1. The summed E-state index contributed by atoms with van der Waals surface area (Å²) in [4.78, 5) is 43.3. The minimum Gasteiger partial charge on any atom is -0.477 e. The molecule has 1 aliphatic heterocycles. The van der Waals surface area contributed by atoms with Crippen molar-refractivity contribution in [2.75, 3.05) is 11.4 Å². The number of rotatable bonds is 5. The Balaban J connectivity index is 2.06. The Morgan fingerprint density at radius 2 is 1.82 bits per heavy atom. The van der Waals surface area contributed by atoms with Crippen LogP contribution in [-0.4, -0.2) is 46.4 Å². The van der Waals surface area contributed by atoms with E-state index in [1.165, 1.54) is 4.90 Å². The van der Waals surface area contributed by atoms with Gasteiger partial charge in [-0.3, -0.25) is 14.5 Å². The molecule has 0 spiro atoms. The van der Waals surface area contributed by atoms with E-state index < -0.39 is 12.0 Å². The maximum absolute atomic E-state index is 13.8. The summed E-state index contributed by atoms with van der Waals surface area (Å²) in [6.07, 6.45) is 3.99. The molecule has 2 heterocycles. The number of carbonyl (C=O) groups excluding carboxylic acids is 2. The maximum atomic E-state index is 13.8. The first-order valence-corrected chi connectivity index (χ1v) is 12.7. The van der Waals surface area contributed by atoms with Crippen molar-refractivity contribution >= 4 is 34.8 Å². The molecule has 3 rings (SSSR count). The smallest absolute Gasteiger partial charge is 0.348 e. The zero-order valence-electron chi connectivity index (χ0n) is 20.6. The minimum absolute atomic E-state index is 0.0321. The molecule has 1 atom stereocenters. The summed E-state index contributed by atoms with van der Waals surface area (Å²) in [5, 5.41) is 9.96. The van der Waals surface area contributed by atoms with E-state index in [4.69, 9.17) is 0 Å². The van der Waals surface area contributed by atoms with Gasteiger partial charge < -0.3 is 10.0 Å². The van der Waals surface area contributed by atoms with E-state index in [-0.39, 0.29) is 34.1 Å². The van der Waals surface area contributed by atoms with Gasteiger partial charge in [0.05, 0.1) is 10.6 Å². The highest BCUT2D eigenvalue weighted by Gasteiger charge is 2.43. The first-order chi connectivity index (χ1) is 15.4. The number of anilines is 1. The molecule has 1 aromatic rings. The van der Waals surface area contributed by atoms with Gasteiger partial charge in [0.15, 0.2) is 0 Å². The molecule has 7 heteroatoms. The van der Waals surface area contributed by atoms with Gasteiger partial charge in [-0.15, -0.1) is 11.3 Å². The van der Waals surface area contributed by atoms with Gasteiger partial charge >= 0.3 is 5.97 Å². The van der Waals surface area contributed by atoms with Crippen LogP contribution in [0.25, 0.3) is 0 Å². The first-order valence-electron chi connectivity index (χ1n) is 11.9. The summed E-state index contributed by atoms with van der Waals surface area (Å²) in [7, 11) is 0. The second-order valence-corrected chi connectivity index (χ2v) is 11.8. The largest absolute Gasteiger partial charge is 0.477 e. The van der Waals surface area contributed by atoms with Crippen molar-refractivity contribution in [1.29, 1.82) is 0 Å². The predicted molar refractivity (Wildman–Crippen MR) is 131 cm³/mol. The normalized spacial score (nSPS) is 23.4. The summed E-state index contributed by atoms with van der Waals surface area (Å²) in [6.45, 7) is 12.7. The molecule has 2 amide bonds. The van der Waals surface area contributed by atoms with Gasteiger partial charge in [0.25, 0.3) is 0 Å². The molecular formula is C26H36N2O4S. The lowest BCUT2D eigenvalue weighted by Gasteiger charge is -2.34. The van der Waals surface area contributed by atoms with Crippen molar-refractivity contribution in [3.63, 3.8) is 0 Å². The van der Waals surface area contributed by atoms with Gasteiger partial charge in [0, 0.05) is 23.9 Å². The van der Waals surface area contributed by atoms with Crippen molar-refractivity contribution in [1.82, 2.24) is 4.90 Å². The van der Waals surface area contributed by atoms with Crippen LogP contribution in [0.15, 0.2) is 6.07 Å². The van der Waals surface area contributed by atoms with E-state index >= 15 is 0 Å². The Labute approximate surface area is 201 Å². The van der Waals surface area contributed by atoms with Gasteiger partial charge in [0.2, 0.25) is 11.8 Å². The second-order valence-electron chi connectivity index (χ2n) is 10.7. The van der Waals surface area contributed by atoms with Crippen molar-refractivity contribution in [3.8, 4) is 11.8 Å². The molecule has 1 aliphatic carbocycles. The molecule has 0 aromatic carbocycles. The molecule has 1 N–H and O–H groups in total. The topological polar surface area (TPSA) is 77.9 Å². The lowest BCUT2D eigenvalue weighted by molar-refractivity contribution is -0.133. The summed E-state index contributed by atoms with van der Waals surface area (Å²) in [5.41, 5.74) is 0.0828. The van der Waals surface area contributed by atoms with Gasteiger partial charge in [-0.2, -0.15) is 0 Å². The van der Waals surface area contributed by atoms with Crippen molar-refractivity contribution < 1.29 is 19.5 Å². The number of carboxylic acids is 1. The van der Waals surface area contributed by atoms with Crippen LogP contribution in [-0.2, 0) is 9.59 Å². The fourth-order valence-corrected chi connectivity index (χ4v) is 5.45. The summed E-state index contributed by atoms with van der Waals surface area (Å²) in [5.74, 6) is 5.30. The summed E-state index contributed by atoms with van der Waals surface area (Å²) < 4.78 is 0. The average molecular weight is 473 g/mol. The Hall–Kier alpha value is -2.33. The monoisotopic (exact) mass is 472 g/mol. The number of likely N-dealkylation sites (tertiary alicyclic amines) is 1. The Bertz CT molecular complexity index is 971. The van der Waals surface area contributed by atoms with Crippen LogP contribution in [0.3, 0.4) is 0 Å². The highest BCUT2D eigenvalue weighted by Crippen LogP contribution is 2.38. The van der Waals surface area contributed by atoms with Gasteiger partial charge in [-0.05, 0) is 78.7 Å². The first kappa shape index (κ1) is 25.3. The molecule has 1 aromatic heterocycles. The summed E-state index contributed by atoms with van der Waals surface area (Å²) in [6, 6.07) is 1.06. The molecule has 2 fully saturated rings. The lowest BCUT2D eigenvalue weighted by atomic mass is 9.82. The van der Waals surface area contributed by atoms with Crippen molar-refractivity contribution in [2.45, 2.75) is 85.7 Å². The standard InChI is InChI=1S/C26H36N2O4S/c1-16(2)27-14-12-20(24(27)30)28(23(29)18-9-7-17(3)8-10-18)21-15-19(11-13-26(4,5)6)33-22(21)25(31)32/h15-18,20H,7-10,12,14H2,1-6H3,(H,31,32)/t17-,18-,20-/m0/s1. The number of hydrogen-bond acceptors (Lipinski definition) is 4. The predicted octanol–water partition coefficient (Wildman–Crippen LogP) is 5.01. The highest BCUT2D eigenvalue weighted by atomic mass is 32.1. The number of aromatic carboxylic acids is 1. The fraction of sp³-hybridized carbons (Fsp3) is 0.654. The zero-order valence-corrected chi connectivity index (χ0v) is 21.4. The van der Waals surface area contributed by atoms with Crippen LogP contribution < -0.4 is 4.90 Å². The van der Waals surface area contributed by atoms with Crippen LogP contribution in [0.5, 0.6) is 0 Å². The van der Waals surface area contributed by atoms with Crippen molar-refractivity contribution in [3.05, 3.63) is 15.8 Å². The third-order valence-corrected chi connectivity index (χ3v) is 7.50. The summed E-state index contributed by atoms with van der Waals surface area (Å²) >= 11 is 1.08. The van der Waals surface area contributed by atoms with Crippen LogP contribution in [0.2, 0.25) is 0 Å². The molecule has 0 bridgehead atoms. The molecule has 0 unspecified atom stereocenters. The van der Waals surface area contributed by atoms with Crippen molar-refractivity contribution in [2.24, 2.45) is 17.3 Å². The molecule has 0 radical (unpaired) electrons. The highest BCUT2D eigenvalue weighted by molar-refractivity contribution is 7.15. The molecular weight excluding hydrogens is 436 g/mol. The van der Waals surface area contributed by atoms with E-state index in [9.17, 15) is 19.5 Å². The average Bonchev–Trinajstić information content (AvgIpc) is 3.31. The van der Waals surface area contributed by atoms with E-state index in [0.717, 1.165) is 37.0 Å². The van der Waals surface area contributed by atoms with Gasteiger partial charge in [-0.1, -0.05) is 18.8 Å². The quantitative estimate of drug-likeness (QED) is 0.611. The lowest BCUT2D eigenvalue weighted by Crippen LogP contribution is -2.49. The maximum Gasteiger partial charge on any atom is 0.348 e. The van der Waals surface area contributed by atoms with Crippen LogP contribution in [0.4, 0.5) is 5.69 Å². The number of hydrogen-bond donors (Lipinski definition) is 1. The number of thiophene rings is 1. The molecule has 6 nitrogen and oxygen atoms in total. The Morgan fingerprint density at radius 3 is 2.33 bits per heavy atom. The molecule has 2 aliphatic rings. The SMILES string of the molecule is CC(C)N1CC[C@H](N(c2cc(C#CC(C)(C)C)sc2C(=O)O)C(=O)[C@H]2CC[C@H](C)CC2)C1=O. The van der Waals surface area contributed by atoms with Crippen LogP contribution >= 0.6 is 11.3 Å². The molecule has 1 saturated heterocycles. The Kier molecular flexibility index (Phi) is 7.58. The van der Waals surface area contributed by atoms with E-state index in [1.54, 1.807) is 11.0 Å². The van der Waals surface area contributed by atoms with Crippen LogP contribution in [0, 0.1) is 29.1 Å². The molecule has 180 valence electrons. The fourth-order valence-electron chi connectivity index (χ4n) is 4.61. The molecule has 33 heavy (non-hydrogen) atoms. The van der Waals surface area contributed by atoms with Gasteiger partial charge in [-0.25, -0.2) is 4.79 Å². The number of amides is 2. The third-order valence-electron chi connectivity index (χ3n) is 6.48. The minimum atomic E-state index is -1.10. The van der Waals surface area contributed by atoms with Gasteiger partial charge in [0.1, 0.15) is 10.9 Å². The number of nitrogens with zero attached hydrogens (tertiary/aromatic N) is 2. The zero-order chi connectivity index (χ0) is 24.5. The van der Waals surface area contributed by atoms with E-state index in [1.807, 2.05) is 34.6 Å². The van der Waals surface area contributed by atoms with E-state index in [0.29, 0.717) is 29.4 Å². The second kappa shape index (κ2) is 9.89. The van der Waals surface area contributed by atoms with Crippen LogP contribution in [0.1, 0.15) is 88.2 Å². The third kappa shape index (κ3) is 5.78. The molecule has 1 saturated carbocycles. The Morgan fingerprint density at radius 1 is 1.18 bits per heavy atom. The number of carbonyl (C=O) groups is 3. The van der Waals surface area contributed by atoms with E-state index in [2.05, 4.69) is 18.8 Å².